The predicted molar refractivity (Wildman–Crippen MR) is 76.5 cm³/mol. The smallest absolute Gasteiger partial charge is 0.320 e. The lowest BCUT2D eigenvalue weighted by Crippen LogP contribution is -2.53. The maximum absolute atomic E-state index is 12.2. The Morgan fingerprint density at radius 1 is 1.30 bits per heavy atom. The van der Waals surface area contributed by atoms with Gasteiger partial charge in [0.2, 0.25) is 0 Å². The maximum atomic E-state index is 12.2. The summed E-state index contributed by atoms with van der Waals surface area (Å²) in [5.41, 5.74) is 0.410. The quantitative estimate of drug-likeness (QED) is 0.890. The maximum Gasteiger partial charge on any atom is 0.320 e. The van der Waals surface area contributed by atoms with Crippen molar-refractivity contribution in [1.82, 2.24) is 14.8 Å². The van der Waals surface area contributed by atoms with Gasteiger partial charge in [0, 0.05) is 36.8 Å². The highest BCUT2D eigenvalue weighted by molar-refractivity contribution is 9.10. The van der Waals surface area contributed by atoms with Crippen molar-refractivity contribution in [2.24, 2.45) is 0 Å². The summed E-state index contributed by atoms with van der Waals surface area (Å²) < 4.78 is 0.828. The Morgan fingerprint density at radius 2 is 1.95 bits per heavy atom. The largest absolute Gasteiger partial charge is 0.480 e. The van der Waals surface area contributed by atoms with E-state index in [9.17, 15) is 9.59 Å². The molecule has 1 N–H and O–H groups in total. The summed E-state index contributed by atoms with van der Waals surface area (Å²) in [7, 11) is 0. The van der Waals surface area contributed by atoms with Crippen LogP contribution in [0.2, 0.25) is 0 Å². The fraction of sp³-hybridized carbons (Fsp3) is 0.462. The van der Waals surface area contributed by atoms with Gasteiger partial charge in [-0.15, -0.1) is 0 Å². The minimum Gasteiger partial charge on any atom is -0.480 e. The second-order valence-electron chi connectivity index (χ2n) is 4.70. The number of carbonyl (C=O) groups excluding carboxylic acids is 1. The lowest BCUT2D eigenvalue weighted by molar-refractivity contribution is -0.143. The Morgan fingerprint density at radius 3 is 2.45 bits per heavy atom. The summed E-state index contributed by atoms with van der Waals surface area (Å²) in [5.74, 6) is -0.945. The number of aromatic nitrogens is 1. The molecular formula is C13H16BrN3O3. The molecule has 1 aromatic heterocycles. The second-order valence-corrected chi connectivity index (χ2v) is 5.62. The third kappa shape index (κ3) is 3.34. The molecule has 1 atom stereocenters. The van der Waals surface area contributed by atoms with Gasteiger partial charge in [-0.2, -0.15) is 0 Å². The monoisotopic (exact) mass is 341 g/mol. The van der Waals surface area contributed by atoms with Gasteiger partial charge in [-0.1, -0.05) is 0 Å². The Labute approximate surface area is 125 Å². The van der Waals surface area contributed by atoms with Crippen molar-refractivity contribution >= 4 is 27.8 Å². The fourth-order valence-corrected chi connectivity index (χ4v) is 2.37. The zero-order valence-corrected chi connectivity index (χ0v) is 12.7. The van der Waals surface area contributed by atoms with E-state index in [1.807, 2.05) is 4.90 Å². The van der Waals surface area contributed by atoms with E-state index in [-0.39, 0.29) is 5.91 Å². The number of amides is 1. The van der Waals surface area contributed by atoms with Gasteiger partial charge in [-0.05, 0) is 35.0 Å². The zero-order valence-electron chi connectivity index (χ0n) is 11.1. The molecule has 1 aliphatic heterocycles. The van der Waals surface area contributed by atoms with Crippen molar-refractivity contribution < 1.29 is 14.7 Å². The average molecular weight is 342 g/mol. The van der Waals surface area contributed by atoms with Crippen molar-refractivity contribution in [1.29, 1.82) is 0 Å². The first-order chi connectivity index (χ1) is 9.49. The molecule has 20 heavy (non-hydrogen) atoms. The minimum absolute atomic E-state index is 0.111. The third-order valence-electron chi connectivity index (χ3n) is 3.45. The lowest BCUT2D eigenvalue weighted by atomic mass is 10.2. The van der Waals surface area contributed by atoms with E-state index in [0.717, 1.165) is 4.47 Å². The zero-order chi connectivity index (χ0) is 14.7. The summed E-state index contributed by atoms with van der Waals surface area (Å²) in [6.07, 6.45) is 1.59. The van der Waals surface area contributed by atoms with Gasteiger partial charge in [0.25, 0.3) is 5.91 Å². The Kier molecular flexibility index (Phi) is 4.72. The molecule has 1 unspecified atom stereocenters. The molecule has 1 aromatic rings. The van der Waals surface area contributed by atoms with E-state index in [1.54, 1.807) is 30.2 Å². The molecule has 1 saturated heterocycles. The van der Waals surface area contributed by atoms with E-state index in [0.29, 0.717) is 31.9 Å². The lowest BCUT2D eigenvalue weighted by Gasteiger charge is -2.36. The molecule has 0 bridgehead atoms. The summed E-state index contributed by atoms with van der Waals surface area (Å²) in [6.45, 7) is 3.84. The number of rotatable bonds is 3. The minimum atomic E-state index is -0.834. The van der Waals surface area contributed by atoms with Crippen LogP contribution in [-0.4, -0.2) is 64.0 Å². The Bertz CT molecular complexity index is 498. The number of piperazine rings is 1. The van der Waals surface area contributed by atoms with Crippen molar-refractivity contribution in [2.75, 3.05) is 26.2 Å². The number of carboxylic acid groups (broad SMARTS) is 1. The van der Waals surface area contributed by atoms with Crippen molar-refractivity contribution in [3.8, 4) is 0 Å². The van der Waals surface area contributed by atoms with Crippen LogP contribution in [0.25, 0.3) is 0 Å². The van der Waals surface area contributed by atoms with Gasteiger partial charge >= 0.3 is 5.97 Å². The molecule has 0 spiro atoms. The standard InChI is InChI=1S/C13H16BrN3O3/c1-9(13(19)20)16-4-6-17(7-5-16)12(18)11-3-2-10(14)8-15-11/h2-3,8-9H,4-7H2,1H3,(H,19,20). The highest BCUT2D eigenvalue weighted by Gasteiger charge is 2.27. The Hall–Kier alpha value is -1.47. The van der Waals surface area contributed by atoms with Crippen LogP contribution in [0.1, 0.15) is 17.4 Å². The van der Waals surface area contributed by atoms with Crippen LogP contribution >= 0.6 is 15.9 Å². The van der Waals surface area contributed by atoms with Gasteiger partial charge in [-0.3, -0.25) is 14.5 Å². The SMILES string of the molecule is CC(C(=O)O)N1CCN(C(=O)c2ccc(Br)cn2)CC1. The van der Waals surface area contributed by atoms with Crippen LogP contribution in [-0.2, 0) is 4.79 Å². The topological polar surface area (TPSA) is 73.7 Å². The number of hydrogen-bond acceptors (Lipinski definition) is 4. The molecule has 7 heteroatoms. The van der Waals surface area contributed by atoms with Crippen LogP contribution in [0, 0.1) is 0 Å². The van der Waals surface area contributed by atoms with E-state index in [4.69, 9.17) is 5.11 Å². The van der Waals surface area contributed by atoms with Crippen molar-refractivity contribution in [3.05, 3.63) is 28.5 Å². The van der Waals surface area contributed by atoms with Gasteiger partial charge in [0.1, 0.15) is 11.7 Å². The summed E-state index contributed by atoms with van der Waals surface area (Å²) >= 11 is 3.28. The number of nitrogens with zero attached hydrogens (tertiary/aromatic N) is 3. The van der Waals surface area contributed by atoms with E-state index < -0.39 is 12.0 Å². The summed E-state index contributed by atoms with van der Waals surface area (Å²) in [6, 6.07) is 2.94. The molecule has 6 nitrogen and oxygen atoms in total. The van der Waals surface area contributed by atoms with Gasteiger partial charge in [0.15, 0.2) is 0 Å². The number of carboxylic acids is 1. The van der Waals surface area contributed by atoms with Gasteiger partial charge < -0.3 is 10.0 Å². The molecule has 1 fully saturated rings. The molecule has 2 rings (SSSR count). The number of aliphatic carboxylic acids is 1. The first-order valence-electron chi connectivity index (χ1n) is 6.36. The average Bonchev–Trinajstić information content (AvgIpc) is 2.46. The van der Waals surface area contributed by atoms with Crippen LogP contribution in [0.4, 0.5) is 0 Å². The van der Waals surface area contributed by atoms with Crippen LogP contribution in [0.5, 0.6) is 0 Å². The highest BCUT2D eigenvalue weighted by atomic mass is 79.9. The number of hydrogen-bond donors (Lipinski definition) is 1. The van der Waals surface area contributed by atoms with Crippen LogP contribution < -0.4 is 0 Å². The molecule has 0 aliphatic carbocycles. The van der Waals surface area contributed by atoms with E-state index in [1.165, 1.54) is 0 Å². The number of carbonyl (C=O) groups is 2. The van der Waals surface area contributed by atoms with Crippen molar-refractivity contribution in [3.63, 3.8) is 0 Å². The molecule has 0 radical (unpaired) electrons. The first kappa shape index (κ1) is 14.9. The van der Waals surface area contributed by atoms with Crippen molar-refractivity contribution in [2.45, 2.75) is 13.0 Å². The second kappa shape index (κ2) is 6.32. The number of pyridine rings is 1. The van der Waals surface area contributed by atoms with Gasteiger partial charge in [0.05, 0.1) is 0 Å². The predicted octanol–water partition coefficient (Wildman–Crippen LogP) is 1.07. The fourth-order valence-electron chi connectivity index (χ4n) is 2.13. The highest BCUT2D eigenvalue weighted by Crippen LogP contribution is 2.12. The number of halogens is 1. The van der Waals surface area contributed by atoms with Crippen LogP contribution in [0.3, 0.4) is 0 Å². The Balaban J connectivity index is 1.95. The van der Waals surface area contributed by atoms with E-state index >= 15 is 0 Å². The van der Waals surface area contributed by atoms with Crippen LogP contribution in [0.15, 0.2) is 22.8 Å². The summed E-state index contributed by atoms with van der Waals surface area (Å²) in [5, 5.41) is 8.98. The van der Waals surface area contributed by atoms with Gasteiger partial charge in [-0.25, -0.2) is 4.98 Å². The summed E-state index contributed by atoms with van der Waals surface area (Å²) in [4.78, 5) is 30.8. The molecular weight excluding hydrogens is 326 g/mol. The molecule has 108 valence electrons. The molecule has 1 amide bonds. The molecule has 0 saturated carbocycles. The first-order valence-corrected chi connectivity index (χ1v) is 7.16. The third-order valence-corrected chi connectivity index (χ3v) is 3.92. The van der Waals surface area contributed by atoms with E-state index in [2.05, 4.69) is 20.9 Å². The normalized spacial score (nSPS) is 17.8. The molecule has 0 aromatic carbocycles. The molecule has 2 heterocycles. The molecule has 1 aliphatic rings.